The lowest BCUT2D eigenvalue weighted by atomic mass is 10.0. The second-order valence-corrected chi connectivity index (χ2v) is 7.12. The molecule has 27 heavy (non-hydrogen) atoms. The van der Waals surface area contributed by atoms with Crippen molar-refractivity contribution in [3.05, 3.63) is 99.5 Å². The van der Waals surface area contributed by atoms with Gasteiger partial charge in [0.2, 0.25) is 0 Å². The van der Waals surface area contributed by atoms with E-state index in [1.807, 2.05) is 42.5 Å². The minimum Gasteiger partial charge on any atom is -0.292 e. The van der Waals surface area contributed by atoms with Crippen LogP contribution in [0.1, 0.15) is 10.4 Å². The zero-order valence-electron chi connectivity index (χ0n) is 14.3. The van der Waals surface area contributed by atoms with Gasteiger partial charge in [-0.3, -0.25) is 14.2 Å². The Balaban J connectivity index is 1.57. The molecule has 0 atom stereocenters. The smallest absolute Gasteiger partial charge is 0.261 e. The highest BCUT2D eigenvalue weighted by molar-refractivity contribution is 9.10. The summed E-state index contributed by atoms with van der Waals surface area (Å²) in [6, 6.07) is 22.5. The van der Waals surface area contributed by atoms with Crippen molar-refractivity contribution >= 4 is 32.6 Å². The summed E-state index contributed by atoms with van der Waals surface area (Å²) >= 11 is 3.42. The van der Waals surface area contributed by atoms with E-state index in [4.69, 9.17) is 0 Å². The van der Waals surface area contributed by atoms with Crippen LogP contribution in [0.15, 0.2) is 88.4 Å². The normalized spacial score (nSPS) is 10.9. The molecule has 0 unspecified atom stereocenters. The average molecular weight is 419 g/mol. The molecule has 0 spiro atoms. The molecule has 3 aromatic carbocycles. The molecule has 4 nitrogen and oxygen atoms in total. The lowest BCUT2D eigenvalue weighted by Gasteiger charge is -2.07. The molecule has 0 aliphatic rings. The third-order valence-corrected chi connectivity index (χ3v) is 4.96. The Kier molecular flexibility index (Phi) is 4.69. The largest absolute Gasteiger partial charge is 0.292 e. The molecular weight excluding hydrogens is 404 g/mol. The number of hydrogen-bond donors (Lipinski definition) is 0. The van der Waals surface area contributed by atoms with Crippen LogP contribution in [0.2, 0.25) is 0 Å². The molecular formula is C22H15BrN2O2. The van der Waals surface area contributed by atoms with Gasteiger partial charge in [0.25, 0.3) is 5.56 Å². The Hall–Kier alpha value is -3.05. The molecule has 4 aromatic rings. The van der Waals surface area contributed by atoms with Gasteiger partial charge in [0.15, 0.2) is 5.78 Å². The zero-order valence-corrected chi connectivity index (χ0v) is 15.9. The molecule has 0 saturated carbocycles. The van der Waals surface area contributed by atoms with Crippen LogP contribution in [0.4, 0.5) is 0 Å². The van der Waals surface area contributed by atoms with Crippen molar-refractivity contribution in [1.82, 2.24) is 9.55 Å². The molecule has 0 amide bonds. The summed E-state index contributed by atoms with van der Waals surface area (Å²) < 4.78 is 2.38. The first-order valence-electron chi connectivity index (χ1n) is 8.45. The minimum absolute atomic E-state index is 0.0334. The molecule has 0 fully saturated rings. The predicted octanol–water partition coefficient (Wildman–Crippen LogP) is 4.71. The van der Waals surface area contributed by atoms with Crippen LogP contribution in [0.25, 0.3) is 22.0 Å². The highest BCUT2D eigenvalue weighted by Crippen LogP contribution is 2.22. The third-order valence-electron chi connectivity index (χ3n) is 4.43. The molecule has 0 aliphatic carbocycles. The van der Waals surface area contributed by atoms with Crippen molar-refractivity contribution in [3.8, 4) is 11.1 Å². The quantitative estimate of drug-likeness (QED) is 0.451. The highest BCUT2D eigenvalue weighted by Gasteiger charge is 2.10. The van der Waals surface area contributed by atoms with E-state index in [1.54, 1.807) is 30.3 Å². The monoisotopic (exact) mass is 418 g/mol. The summed E-state index contributed by atoms with van der Waals surface area (Å²) in [6.07, 6.45) is 1.43. The molecule has 0 aliphatic heterocycles. The molecule has 5 heteroatoms. The second kappa shape index (κ2) is 7.29. The van der Waals surface area contributed by atoms with Crippen LogP contribution in [0.3, 0.4) is 0 Å². The van der Waals surface area contributed by atoms with Crippen molar-refractivity contribution in [3.63, 3.8) is 0 Å². The van der Waals surface area contributed by atoms with E-state index in [-0.39, 0.29) is 17.9 Å². The van der Waals surface area contributed by atoms with Gasteiger partial charge in [-0.1, -0.05) is 64.5 Å². The van der Waals surface area contributed by atoms with E-state index >= 15 is 0 Å². The summed E-state index contributed by atoms with van der Waals surface area (Å²) in [7, 11) is 0. The number of carbonyl (C=O) groups is 1. The van der Waals surface area contributed by atoms with E-state index < -0.39 is 0 Å². The first-order valence-corrected chi connectivity index (χ1v) is 9.24. The van der Waals surface area contributed by atoms with Gasteiger partial charge in [-0.05, 0) is 35.4 Å². The van der Waals surface area contributed by atoms with Crippen molar-refractivity contribution in [1.29, 1.82) is 0 Å². The van der Waals surface area contributed by atoms with Crippen molar-refractivity contribution in [2.24, 2.45) is 0 Å². The molecule has 0 bridgehead atoms. The van der Waals surface area contributed by atoms with Gasteiger partial charge in [-0.25, -0.2) is 4.98 Å². The lowest BCUT2D eigenvalue weighted by Crippen LogP contribution is -2.24. The van der Waals surface area contributed by atoms with Crippen LogP contribution in [0.5, 0.6) is 0 Å². The maximum atomic E-state index is 12.6. The Morgan fingerprint density at radius 2 is 1.52 bits per heavy atom. The van der Waals surface area contributed by atoms with Gasteiger partial charge in [0.1, 0.15) is 0 Å². The van der Waals surface area contributed by atoms with Gasteiger partial charge in [0, 0.05) is 10.0 Å². The maximum absolute atomic E-state index is 12.6. The Morgan fingerprint density at radius 1 is 0.889 bits per heavy atom. The number of halogens is 1. The lowest BCUT2D eigenvalue weighted by molar-refractivity contribution is 0.0970. The Labute approximate surface area is 164 Å². The van der Waals surface area contributed by atoms with Crippen LogP contribution in [-0.2, 0) is 6.54 Å². The third kappa shape index (κ3) is 3.59. The van der Waals surface area contributed by atoms with E-state index in [2.05, 4.69) is 20.9 Å². The van der Waals surface area contributed by atoms with E-state index in [1.165, 1.54) is 10.9 Å². The number of benzene rings is 3. The summed E-state index contributed by atoms with van der Waals surface area (Å²) in [5, 5.41) is 0.512. The summed E-state index contributed by atoms with van der Waals surface area (Å²) in [5.41, 5.74) is 3.09. The zero-order chi connectivity index (χ0) is 18.8. The van der Waals surface area contributed by atoms with Gasteiger partial charge >= 0.3 is 0 Å². The van der Waals surface area contributed by atoms with Crippen molar-refractivity contribution < 1.29 is 4.79 Å². The number of carbonyl (C=O) groups excluding carboxylic acids is 1. The van der Waals surface area contributed by atoms with Crippen LogP contribution < -0.4 is 5.56 Å². The SMILES string of the molecule is O=C(Cn1cnc2ccccc2c1=O)c1ccc(-c2ccc(Br)cc2)cc1. The van der Waals surface area contributed by atoms with Gasteiger partial charge in [-0.2, -0.15) is 0 Å². The molecule has 132 valence electrons. The number of nitrogens with zero attached hydrogens (tertiary/aromatic N) is 2. The second-order valence-electron chi connectivity index (χ2n) is 6.20. The number of hydrogen-bond acceptors (Lipinski definition) is 3. The van der Waals surface area contributed by atoms with E-state index in [0.717, 1.165) is 15.6 Å². The number of Topliss-reactive ketones (excluding diaryl/α,β-unsaturated/α-hetero) is 1. The first kappa shape index (κ1) is 17.4. The van der Waals surface area contributed by atoms with Crippen molar-refractivity contribution in [2.75, 3.05) is 0 Å². The standard InChI is InChI=1S/C22H15BrN2O2/c23-18-11-9-16(10-12-18)15-5-7-17(8-6-15)21(26)13-25-14-24-20-4-2-1-3-19(20)22(25)27/h1-12,14H,13H2. The van der Waals surface area contributed by atoms with Gasteiger partial charge in [-0.15, -0.1) is 0 Å². The minimum atomic E-state index is -0.208. The fourth-order valence-electron chi connectivity index (χ4n) is 2.96. The summed E-state index contributed by atoms with van der Waals surface area (Å²) in [4.78, 5) is 29.4. The van der Waals surface area contributed by atoms with Crippen LogP contribution in [-0.4, -0.2) is 15.3 Å². The molecule has 4 rings (SSSR count). The van der Waals surface area contributed by atoms with E-state index in [0.29, 0.717) is 16.5 Å². The molecule has 0 N–H and O–H groups in total. The van der Waals surface area contributed by atoms with Gasteiger partial charge in [0.05, 0.1) is 23.8 Å². The number of fused-ring (bicyclic) bond motifs is 1. The maximum Gasteiger partial charge on any atom is 0.261 e. The van der Waals surface area contributed by atoms with Crippen LogP contribution in [0, 0.1) is 0 Å². The number of para-hydroxylation sites is 1. The fourth-order valence-corrected chi connectivity index (χ4v) is 3.22. The highest BCUT2D eigenvalue weighted by atomic mass is 79.9. The summed E-state index contributed by atoms with van der Waals surface area (Å²) in [5.74, 6) is -0.128. The first-order chi connectivity index (χ1) is 13.1. The molecule has 0 radical (unpaired) electrons. The number of ketones is 1. The van der Waals surface area contributed by atoms with Gasteiger partial charge < -0.3 is 0 Å². The predicted molar refractivity (Wildman–Crippen MR) is 110 cm³/mol. The summed E-state index contributed by atoms with van der Waals surface area (Å²) in [6.45, 7) is -0.0334. The van der Waals surface area contributed by atoms with Crippen molar-refractivity contribution in [2.45, 2.75) is 6.54 Å². The van der Waals surface area contributed by atoms with E-state index in [9.17, 15) is 9.59 Å². The Morgan fingerprint density at radius 3 is 2.22 bits per heavy atom. The molecule has 1 aromatic heterocycles. The number of rotatable bonds is 4. The number of aromatic nitrogens is 2. The molecule has 1 heterocycles. The topological polar surface area (TPSA) is 52.0 Å². The average Bonchev–Trinajstić information content (AvgIpc) is 2.71. The molecule has 0 saturated heterocycles. The van der Waals surface area contributed by atoms with Crippen LogP contribution >= 0.6 is 15.9 Å². The fraction of sp³-hybridized carbons (Fsp3) is 0.0455. The Bertz CT molecular complexity index is 1180.